The fourth-order valence-corrected chi connectivity index (χ4v) is 3.20. The van der Waals surface area contributed by atoms with Gasteiger partial charge in [-0.1, -0.05) is 0 Å². The summed E-state index contributed by atoms with van der Waals surface area (Å²) in [7, 11) is 1.54. The predicted octanol–water partition coefficient (Wildman–Crippen LogP) is 0.354. The van der Waals surface area contributed by atoms with Crippen LogP contribution in [0.4, 0.5) is 5.95 Å². The molecule has 0 bridgehead atoms. The number of rotatable bonds is 5. The minimum atomic E-state index is -3.16. The molecule has 1 aliphatic rings. The molecular formula is C13H22N4O4S. The van der Waals surface area contributed by atoms with Crippen molar-refractivity contribution in [1.82, 2.24) is 14.3 Å². The first-order valence-electron chi connectivity index (χ1n) is 7.00. The molecule has 0 aliphatic carbocycles. The quantitative estimate of drug-likeness (QED) is 0.770. The van der Waals surface area contributed by atoms with Crippen molar-refractivity contribution < 1.29 is 17.9 Å². The summed E-state index contributed by atoms with van der Waals surface area (Å²) in [6, 6.07) is 1.63. The summed E-state index contributed by atoms with van der Waals surface area (Å²) in [5, 5.41) is 0. The molecule has 22 heavy (non-hydrogen) atoms. The van der Waals surface area contributed by atoms with Crippen LogP contribution in [0.15, 0.2) is 6.07 Å². The van der Waals surface area contributed by atoms with Gasteiger partial charge in [0.2, 0.25) is 27.7 Å². The highest BCUT2D eigenvalue weighted by atomic mass is 32.2. The van der Waals surface area contributed by atoms with Crippen LogP contribution in [0.1, 0.15) is 12.8 Å². The van der Waals surface area contributed by atoms with Gasteiger partial charge < -0.3 is 14.4 Å². The lowest BCUT2D eigenvalue weighted by molar-refractivity contribution is 0.311. The van der Waals surface area contributed by atoms with Crippen molar-refractivity contribution in [3.8, 4) is 11.8 Å². The van der Waals surface area contributed by atoms with Crippen LogP contribution in [0, 0.1) is 0 Å². The minimum Gasteiger partial charge on any atom is -0.481 e. The summed E-state index contributed by atoms with van der Waals surface area (Å²) in [6.45, 7) is 1.36. The molecule has 0 unspecified atom stereocenters. The number of hydrogen-bond acceptors (Lipinski definition) is 7. The number of methoxy groups -OCH3 is 2. The third-order valence-electron chi connectivity index (χ3n) is 3.87. The molecule has 1 saturated heterocycles. The molecule has 1 fully saturated rings. The molecule has 0 amide bonds. The summed E-state index contributed by atoms with van der Waals surface area (Å²) in [4.78, 5) is 10.7. The molecule has 0 aromatic carbocycles. The normalized spacial score (nSPS) is 16.9. The minimum absolute atomic E-state index is 0.0127. The second-order valence-corrected chi connectivity index (χ2v) is 7.29. The summed E-state index contributed by atoms with van der Waals surface area (Å²) in [5.41, 5.74) is 0. The van der Waals surface area contributed by atoms with Crippen LogP contribution in [-0.4, -0.2) is 69.3 Å². The molecular weight excluding hydrogens is 308 g/mol. The molecule has 0 atom stereocenters. The van der Waals surface area contributed by atoms with Crippen LogP contribution in [0.5, 0.6) is 11.8 Å². The van der Waals surface area contributed by atoms with Crippen molar-refractivity contribution in [2.75, 3.05) is 45.5 Å². The van der Waals surface area contributed by atoms with E-state index in [1.54, 1.807) is 27.3 Å². The van der Waals surface area contributed by atoms with Crippen molar-refractivity contribution in [2.24, 2.45) is 0 Å². The lowest BCUT2D eigenvalue weighted by Crippen LogP contribution is -2.45. The van der Waals surface area contributed by atoms with Gasteiger partial charge in [-0.05, 0) is 12.8 Å². The first-order valence-corrected chi connectivity index (χ1v) is 8.85. The van der Waals surface area contributed by atoms with Gasteiger partial charge in [0.25, 0.3) is 0 Å². The third-order valence-corrected chi connectivity index (χ3v) is 5.21. The molecule has 2 rings (SSSR count). The van der Waals surface area contributed by atoms with Gasteiger partial charge in [-0.3, -0.25) is 0 Å². The highest BCUT2D eigenvalue weighted by Crippen LogP contribution is 2.24. The van der Waals surface area contributed by atoms with Crippen LogP contribution in [0.3, 0.4) is 0 Å². The van der Waals surface area contributed by atoms with E-state index in [2.05, 4.69) is 9.97 Å². The molecule has 0 radical (unpaired) electrons. The van der Waals surface area contributed by atoms with Gasteiger partial charge in [0, 0.05) is 26.2 Å². The van der Waals surface area contributed by atoms with Crippen molar-refractivity contribution >= 4 is 16.0 Å². The van der Waals surface area contributed by atoms with Gasteiger partial charge in [-0.15, -0.1) is 0 Å². The van der Waals surface area contributed by atoms with Crippen molar-refractivity contribution in [3.63, 3.8) is 0 Å². The van der Waals surface area contributed by atoms with E-state index in [0.717, 1.165) is 12.8 Å². The van der Waals surface area contributed by atoms with Crippen LogP contribution >= 0.6 is 0 Å². The Balaban J connectivity index is 2.08. The maximum Gasteiger partial charge on any atom is 0.231 e. The van der Waals surface area contributed by atoms with Crippen LogP contribution in [-0.2, 0) is 10.0 Å². The Morgan fingerprint density at radius 3 is 2.09 bits per heavy atom. The second-order valence-electron chi connectivity index (χ2n) is 5.25. The molecule has 124 valence electrons. The van der Waals surface area contributed by atoms with E-state index < -0.39 is 10.0 Å². The summed E-state index contributed by atoms with van der Waals surface area (Å²) < 4.78 is 34.9. The fourth-order valence-electron chi connectivity index (χ4n) is 2.44. The van der Waals surface area contributed by atoms with Crippen molar-refractivity contribution in [3.05, 3.63) is 6.07 Å². The number of aromatic nitrogens is 2. The van der Waals surface area contributed by atoms with Crippen LogP contribution in [0.2, 0.25) is 0 Å². The number of anilines is 1. The standard InChI is InChI=1S/C13H22N4O4S/c1-16(22(4,18)19)10-5-7-17(8-6-10)13-14-11(20-2)9-12(15-13)21-3/h9-10H,5-8H2,1-4H3. The Morgan fingerprint density at radius 1 is 1.18 bits per heavy atom. The monoisotopic (exact) mass is 330 g/mol. The maximum absolute atomic E-state index is 11.6. The largest absolute Gasteiger partial charge is 0.481 e. The molecule has 1 aliphatic heterocycles. The summed E-state index contributed by atoms with van der Waals surface area (Å²) in [5.74, 6) is 1.42. The number of hydrogen-bond donors (Lipinski definition) is 0. The second kappa shape index (κ2) is 6.66. The lowest BCUT2D eigenvalue weighted by atomic mass is 10.1. The number of nitrogens with zero attached hydrogens (tertiary/aromatic N) is 4. The van der Waals surface area contributed by atoms with Gasteiger partial charge in [0.15, 0.2) is 0 Å². The molecule has 8 nitrogen and oxygen atoms in total. The highest BCUT2D eigenvalue weighted by molar-refractivity contribution is 7.88. The van der Waals surface area contributed by atoms with Gasteiger partial charge in [-0.25, -0.2) is 12.7 Å². The average Bonchev–Trinajstić information content (AvgIpc) is 2.52. The summed E-state index contributed by atoms with van der Waals surface area (Å²) in [6.07, 6.45) is 2.69. The third kappa shape index (κ3) is 3.77. The molecule has 1 aromatic heterocycles. The van der Waals surface area contributed by atoms with Gasteiger partial charge in [0.1, 0.15) is 0 Å². The lowest BCUT2D eigenvalue weighted by Gasteiger charge is -2.35. The van der Waals surface area contributed by atoms with Crippen LogP contribution in [0.25, 0.3) is 0 Å². The summed E-state index contributed by atoms with van der Waals surface area (Å²) >= 11 is 0. The SMILES string of the molecule is COc1cc(OC)nc(N2CCC(N(C)S(C)(=O)=O)CC2)n1. The smallest absolute Gasteiger partial charge is 0.231 e. The van der Waals surface area contributed by atoms with Crippen molar-refractivity contribution in [2.45, 2.75) is 18.9 Å². The molecule has 1 aromatic rings. The zero-order valence-electron chi connectivity index (χ0n) is 13.3. The Hall–Kier alpha value is -1.61. The first kappa shape index (κ1) is 16.8. The zero-order chi connectivity index (χ0) is 16.3. The van der Waals surface area contributed by atoms with E-state index in [1.807, 2.05) is 4.90 Å². The van der Waals surface area contributed by atoms with E-state index in [9.17, 15) is 8.42 Å². The fraction of sp³-hybridized carbons (Fsp3) is 0.692. The first-order chi connectivity index (χ1) is 10.3. The molecule has 0 spiro atoms. The number of sulfonamides is 1. The molecule has 9 heteroatoms. The Morgan fingerprint density at radius 2 is 1.68 bits per heavy atom. The number of piperidine rings is 1. The maximum atomic E-state index is 11.6. The molecule has 2 heterocycles. The highest BCUT2D eigenvalue weighted by Gasteiger charge is 2.28. The Labute approximate surface area is 131 Å². The van der Waals surface area contributed by atoms with Gasteiger partial charge in [-0.2, -0.15) is 9.97 Å². The van der Waals surface area contributed by atoms with E-state index in [4.69, 9.17) is 9.47 Å². The topological polar surface area (TPSA) is 84.9 Å². The van der Waals surface area contributed by atoms with Gasteiger partial charge >= 0.3 is 0 Å². The Bertz CT molecular complexity index is 592. The van der Waals surface area contributed by atoms with E-state index >= 15 is 0 Å². The van der Waals surface area contributed by atoms with Crippen LogP contribution < -0.4 is 14.4 Å². The molecule has 0 N–H and O–H groups in total. The van der Waals surface area contributed by atoms with E-state index in [1.165, 1.54) is 10.6 Å². The van der Waals surface area contributed by atoms with Crippen molar-refractivity contribution in [1.29, 1.82) is 0 Å². The molecule has 0 saturated carbocycles. The average molecular weight is 330 g/mol. The zero-order valence-corrected chi connectivity index (χ0v) is 14.1. The van der Waals surface area contributed by atoms with Gasteiger partial charge in [0.05, 0.1) is 26.5 Å². The van der Waals surface area contributed by atoms with E-state index in [-0.39, 0.29) is 6.04 Å². The predicted molar refractivity (Wildman–Crippen MR) is 83.0 cm³/mol. The Kier molecular flexibility index (Phi) is 5.07. The number of ether oxygens (including phenoxy) is 2. The van der Waals surface area contributed by atoms with E-state index in [0.29, 0.717) is 30.8 Å².